The molecule has 0 aliphatic heterocycles. The SMILES string of the molecule is Cc1c(N)cc(S(=O)(=O)NCCc2ccncc2)cc1Cl. The van der Waals surface area contributed by atoms with Crippen molar-refractivity contribution in [3.8, 4) is 0 Å². The molecule has 1 aromatic heterocycles. The standard InChI is InChI=1S/C14H16ClN3O2S/c1-10-13(15)8-12(9-14(10)16)21(19,20)18-7-4-11-2-5-17-6-3-11/h2-3,5-6,8-9,18H,4,7,16H2,1H3. The molecule has 21 heavy (non-hydrogen) atoms. The van der Waals surface area contributed by atoms with Gasteiger partial charge in [0.2, 0.25) is 10.0 Å². The molecular formula is C14H16ClN3O2S. The Hall–Kier alpha value is -1.63. The number of rotatable bonds is 5. The van der Waals surface area contributed by atoms with Gasteiger partial charge in [0.25, 0.3) is 0 Å². The van der Waals surface area contributed by atoms with E-state index in [-0.39, 0.29) is 11.4 Å². The quantitative estimate of drug-likeness (QED) is 0.825. The normalized spacial score (nSPS) is 11.5. The highest BCUT2D eigenvalue weighted by atomic mass is 35.5. The van der Waals surface area contributed by atoms with E-state index >= 15 is 0 Å². The molecule has 1 heterocycles. The van der Waals surface area contributed by atoms with E-state index in [1.165, 1.54) is 12.1 Å². The van der Waals surface area contributed by atoms with Crippen LogP contribution in [0.2, 0.25) is 5.02 Å². The Morgan fingerprint density at radius 3 is 2.57 bits per heavy atom. The second-order valence-corrected chi connectivity index (χ2v) is 6.80. The molecule has 3 N–H and O–H groups in total. The molecule has 0 spiro atoms. The van der Waals surface area contributed by atoms with Gasteiger partial charge in [-0.25, -0.2) is 13.1 Å². The zero-order chi connectivity index (χ0) is 15.5. The molecule has 0 amide bonds. The van der Waals surface area contributed by atoms with Crippen LogP contribution in [0.1, 0.15) is 11.1 Å². The molecule has 0 saturated carbocycles. The van der Waals surface area contributed by atoms with Gasteiger partial charge in [-0.2, -0.15) is 0 Å². The molecule has 0 aliphatic rings. The van der Waals surface area contributed by atoms with Crippen molar-refractivity contribution >= 4 is 27.3 Å². The van der Waals surface area contributed by atoms with Crippen LogP contribution in [-0.4, -0.2) is 19.9 Å². The van der Waals surface area contributed by atoms with E-state index < -0.39 is 10.0 Å². The van der Waals surface area contributed by atoms with Crippen LogP contribution in [0.4, 0.5) is 5.69 Å². The lowest BCUT2D eigenvalue weighted by Gasteiger charge is -2.10. The van der Waals surface area contributed by atoms with Crippen molar-refractivity contribution in [1.82, 2.24) is 9.71 Å². The number of hydrogen-bond acceptors (Lipinski definition) is 4. The first-order valence-corrected chi connectivity index (χ1v) is 8.20. The third-order valence-corrected chi connectivity index (χ3v) is 4.96. The number of aromatic nitrogens is 1. The minimum atomic E-state index is -3.62. The number of nitrogens with one attached hydrogen (secondary N) is 1. The fourth-order valence-electron chi connectivity index (χ4n) is 1.79. The minimum absolute atomic E-state index is 0.0744. The lowest BCUT2D eigenvalue weighted by molar-refractivity contribution is 0.581. The highest BCUT2D eigenvalue weighted by molar-refractivity contribution is 7.89. The Morgan fingerprint density at radius 1 is 1.29 bits per heavy atom. The molecule has 0 bridgehead atoms. The number of nitrogens with zero attached hydrogens (tertiary/aromatic N) is 1. The molecule has 0 atom stereocenters. The topological polar surface area (TPSA) is 85.1 Å². The number of hydrogen-bond donors (Lipinski definition) is 2. The number of pyridine rings is 1. The first-order chi connectivity index (χ1) is 9.90. The van der Waals surface area contributed by atoms with Crippen LogP contribution in [0.3, 0.4) is 0 Å². The summed E-state index contributed by atoms with van der Waals surface area (Å²) in [7, 11) is -3.62. The predicted octanol–water partition coefficient (Wildman–Crippen LogP) is 2.15. The third kappa shape index (κ3) is 3.93. The molecule has 0 radical (unpaired) electrons. The summed E-state index contributed by atoms with van der Waals surface area (Å²) in [5, 5.41) is 0.338. The van der Waals surface area contributed by atoms with Crippen molar-refractivity contribution in [2.45, 2.75) is 18.2 Å². The van der Waals surface area contributed by atoms with E-state index in [0.29, 0.717) is 22.7 Å². The van der Waals surface area contributed by atoms with E-state index in [9.17, 15) is 8.42 Å². The minimum Gasteiger partial charge on any atom is -0.398 e. The molecule has 0 aliphatic carbocycles. The van der Waals surface area contributed by atoms with Crippen LogP contribution in [0, 0.1) is 6.92 Å². The molecular weight excluding hydrogens is 310 g/mol. The van der Waals surface area contributed by atoms with Crippen molar-refractivity contribution in [2.75, 3.05) is 12.3 Å². The van der Waals surface area contributed by atoms with Crippen molar-refractivity contribution in [3.05, 3.63) is 52.8 Å². The van der Waals surface area contributed by atoms with E-state index in [1.807, 2.05) is 12.1 Å². The van der Waals surface area contributed by atoms with E-state index in [1.54, 1.807) is 19.3 Å². The number of sulfonamides is 1. The zero-order valence-corrected chi connectivity index (χ0v) is 13.1. The summed E-state index contributed by atoms with van der Waals surface area (Å²) < 4.78 is 26.9. The van der Waals surface area contributed by atoms with Crippen LogP contribution in [0.5, 0.6) is 0 Å². The van der Waals surface area contributed by atoms with Gasteiger partial charge in [-0.3, -0.25) is 4.98 Å². The Morgan fingerprint density at radius 2 is 1.95 bits per heavy atom. The van der Waals surface area contributed by atoms with Crippen LogP contribution >= 0.6 is 11.6 Å². The summed E-state index contributed by atoms with van der Waals surface area (Å²) in [4.78, 5) is 3.98. The number of nitrogen functional groups attached to an aromatic ring is 1. The summed E-state index contributed by atoms with van der Waals surface area (Å²) in [6.07, 6.45) is 3.92. The Balaban J connectivity index is 2.09. The van der Waals surface area contributed by atoms with Gasteiger partial charge in [-0.1, -0.05) is 11.6 Å². The molecule has 2 rings (SSSR count). The maximum atomic E-state index is 12.2. The number of benzene rings is 1. The molecule has 112 valence electrons. The van der Waals surface area contributed by atoms with Crippen LogP contribution in [-0.2, 0) is 16.4 Å². The molecule has 7 heteroatoms. The Bertz CT molecular complexity index is 710. The second kappa shape index (κ2) is 6.43. The van der Waals surface area contributed by atoms with Gasteiger partial charge in [0.15, 0.2) is 0 Å². The van der Waals surface area contributed by atoms with E-state index in [2.05, 4.69) is 9.71 Å². The average molecular weight is 326 g/mol. The summed E-state index contributed by atoms with van der Waals surface area (Å²) in [5.74, 6) is 0. The Kier molecular flexibility index (Phi) is 4.82. The van der Waals surface area contributed by atoms with Crippen molar-refractivity contribution in [2.24, 2.45) is 0 Å². The predicted molar refractivity (Wildman–Crippen MR) is 83.7 cm³/mol. The van der Waals surface area contributed by atoms with Crippen molar-refractivity contribution < 1.29 is 8.42 Å². The highest BCUT2D eigenvalue weighted by Gasteiger charge is 2.16. The van der Waals surface area contributed by atoms with Crippen LogP contribution < -0.4 is 10.5 Å². The fourth-order valence-corrected chi connectivity index (χ4v) is 3.18. The summed E-state index contributed by atoms with van der Waals surface area (Å²) in [6, 6.07) is 6.50. The molecule has 0 unspecified atom stereocenters. The molecule has 0 fully saturated rings. The Labute approximate surface area is 129 Å². The van der Waals surface area contributed by atoms with Gasteiger partial charge in [0, 0.05) is 29.6 Å². The first-order valence-electron chi connectivity index (χ1n) is 6.34. The smallest absolute Gasteiger partial charge is 0.240 e. The van der Waals surface area contributed by atoms with Gasteiger partial charge in [0.05, 0.1) is 4.90 Å². The number of nitrogens with two attached hydrogens (primary N) is 1. The molecule has 0 saturated heterocycles. The molecule has 1 aromatic carbocycles. The first kappa shape index (κ1) is 15.8. The van der Waals surface area contributed by atoms with Gasteiger partial charge >= 0.3 is 0 Å². The van der Waals surface area contributed by atoms with Gasteiger partial charge in [0.1, 0.15) is 0 Å². The van der Waals surface area contributed by atoms with Crippen molar-refractivity contribution in [1.29, 1.82) is 0 Å². The van der Waals surface area contributed by atoms with E-state index in [0.717, 1.165) is 5.56 Å². The maximum Gasteiger partial charge on any atom is 0.240 e. The lowest BCUT2D eigenvalue weighted by Crippen LogP contribution is -2.26. The zero-order valence-electron chi connectivity index (χ0n) is 11.5. The van der Waals surface area contributed by atoms with Crippen molar-refractivity contribution in [3.63, 3.8) is 0 Å². The van der Waals surface area contributed by atoms with Gasteiger partial charge < -0.3 is 5.73 Å². The maximum absolute atomic E-state index is 12.2. The third-order valence-electron chi connectivity index (χ3n) is 3.12. The fraction of sp³-hybridized carbons (Fsp3) is 0.214. The lowest BCUT2D eigenvalue weighted by atomic mass is 10.2. The average Bonchev–Trinajstić information content (AvgIpc) is 2.45. The summed E-state index contributed by atoms with van der Waals surface area (Å²) in [5.41, 5.74) is 7.79. The molecule has 2 aromatic rings. The highest BCUT2D eigenvalue weighted by Crippen LogP contribution is 2.25. The van der Waals surface area contributed by atoms with Crippen LogP contribution in [0.25, 0.3) is 0 Å². The monoisotopic (exact) mass is 325 g/mol. The largest absolute Gasteiger partial charge is 0.398 e. The molecule has 5 nitrogen and oxygen atoms in total. The van der Waals surface area contributed by atoms with Gasteiger partial charge in [-0.15, -0.1) is 0 Å². The summed E-state index contributed by atoms with van der Waals surface area (Å²) in [6.45, 7) is 2.03. The number of halogens is 1. The van der Waals surface area contributed by atoms with Gasteiger partial charge in [-0.05, 0) is 48.7 Å². The van der Waals surface area contributed by atoms with Crippen LogP contribution in [0.15, 0.2) is 41.6 Å². The number of anilines is 1. The van der Waals surface area contributed by atoms with E-state index in [4.69, 9.17) is 17.3 Å². The summed E-state index contributed by atoms with van der Waals surface area (Å²) >= 11 is 5.98. The second-order valence-electron chi connectivity index (χ2n) is 4.62.